The fraction of sp³-hybridized carbons (Fsp3) is 0.789. The monoisotopic (exact) mass is 333 g/mol. The van der Waals surface area contributed by atoms with E-state index in [1.54, 1.807) is 6.92 Å². The van der Waals surface area contributed by atoms with E-state index in [0.717, 1.165) is 50.8 Å². The largest absolute Gasteiger partial charge is 0.299 e. The zero-order chi connectivity index (χ0) is 17.8. The van der Waals surface area contributed by atoms with E-state index in [1.807, 2.05) is 17.8 Å². The van der Waals surface area contributed by atoms with Gasteiger partial charge in [0.15, 0.2) is 0 Å². The number of hydrogen-bond donors (Lipinski definition) is 0. The Morgan fingerprint density at radius 3 is 2.58 bits per heavy atom. The molecule has 1 aliphatic rings. The van der Waals surface area contributed by atoms with Crippen LogP contribution in [-0.4, -0.2) is 26.6 Å². The number of carbonyl (C=O) groups excluding carboxylic acids is 2. The molecule has 24 heavy (non-hydrogen) atoms. The van der Waals surface area contributed by atoms with Crippen LogP contribution in [0.5, 0.6) is 0 Å². The van der Waals surface area contributed by atoms with Gasteiger partial charge in [-0.3, -0.25) is 9.59 Å². The Hall–Kier alpha value is -1.52. The van der Waals surface area contributed by atoms with Crippen molar-refractivity contribution in [2.24, 2.45) is 10.8 Å². The normalized spacial score (nSPS) is 29.9. The molecule has 1 aliphatic heterocycles. The van der Waals surface area contributed by atoms with Crippen LogP contribution in [0.15, 0.2) is 6.20 Å². The van der Waals surface area contributed by atoms with Crippen molar-refractivity contribution in [1.29, 1.82) is 0 Å². The van der Waals surface area contributed by atoms with Crippen LogP contribution in [0.4, 0.5) is 0 Å². The minimum Gasteiger partial charge on any atom is -0.299 e. The lowest BCUT2D eigenvalue weighted by Gasteiger charge is -2.30. The molecule has 0 fully saturated rings. The quantitative estimate of drug-likeness (QED) is 0.826. The van der Waals surface area contributed by atoms with Crippen LogP contribution >= 0.6 is 0 Å². The molecule has 2 atom stereocenters. The summed E-state index contributed by atoms with van der Waals surface area (Å²) in [5, 5.41) is 8.22. The van der Waals surface area contributed by atoms with Crippen molar-refractivity contribution < 1.29 is 9.59 Å². The Morgan fingerprint density at radius 2 is 1.92 bits per heavy atom. The molecule has 0 saturated carbocycles. The number of fused-ring (bicyclic) bond motifs is 1. The number of carbonyl (C=O) groups is 2. The topological polar surface area (TPSA) is 64.8 Å². The van der Waals surface area contributed by atoms with Crippen LogP contribution in [-0.2, 0) is 22.6 Å². The molecule has 0 amide bonds. The fourth-order valence-corrected chi connectivity index (χ4v) is 3.52. The first-order valence-electron chi connectivity index (χ1n) is 9.22. The summed E-state index contributed by atoms with van der Waals surface area (Å²) in [5.74, 6) is 0.485. The predicted octanol–water partition coefficient (Wildman–Crippen LogP) is 3.76. The van der Waals surface area contributed by atoms with Crippen LogP contribution in [0.3, 0.4) is 0 Å². The third-order valence-electron chi connectivity index (χ3n) is 6.19. The summed E-state index contributed by atoms with van der Waals surface area (Å²) in [6, 6.07) is 0. The second-order valence-electron chi connectivity index (χ2n) is 7.86. The summed E-state index contributed by atoms with van der Waals surface area (Å²) < 4.78 is 1.96. The van der Waals surface area contributed by atoms with Crippen LogP contribution in [0, 0.1) is 10.8 Å². The Balaban J connectivity index is 2.25. The number of aromatic nitrogens is 3. The molecule has 0 N–H and O–H groups in total. The minimum absolute atomic E-state index is 0.169. The van der Waals surface area contributed by atoms with Crippen molar-refractivity contribution in [3.8, 4) is 0 Å². The summed E-state index contributed by atoms with van der Waals surface area (Å²) in [7, 11) is 0. The van der Waals surface area contributed by atoms with Crippen molar-refractivity contribution >= 4 is 11.6 Å². The van der Waals surface area contributed by atoms with Gasteiger partial charge in [-0.2, -0.15) is 0 Å². The van der Waals surface area contributed by atoms with E-state index < -0.39 is 5.41 Å². The molecule has 0 spiro atoms. The Kier molecular flexibility index (Phi) is 5.94. The molecular formula is C19H31N3O2. The Morgan fingerprint density at radius 1 is 1.21 bits per heavy atom. The third-order valence-corrected chi connectivity index (χ3v) is 6.19. The highest BCUT2D eigenvalue weighted by Gasteiger charge is 2.35. The van der Waals surface area contributed by atoms with E-state index in [0.29, 0.717) is 18.6 Å². The minimum atomic E-state index is -0.451. The van der Waals surface area contributed by atoms with E-state index >= 15 is 0 Å². The number of rotatable bonds is 2. The van der Waals surface area contributed by atoms with Gasteiger partial charge in [0.05, 0.1) is 11.9 Å². The maximum atomic E-state index is 12.8. The highest BCUT2D eigenvalue weighted by molar-refractivity contribution is 5.86. The standard InChI is InChI=1S/C19H31N3O2/c1-5-18(3)10-6-7-13-22-16(14-20-21-22)8-11-19(4,15(2)23)12-9-17(18)24/h14H,5-13H2,1-4H3/t18-,19+/m0/s1. The molecule has 0 aliphatic carbocycles. The van der Waals surface area contributed by atoms with Crippen LogP contribution in [0.2, 0.25) is 0 Å². The molecule has 0 bridgehead atoms. The molecule has 5 heteroatoms. The smallest absolute Gasteiger partial charge is 0.138 e. The lowest BCUT2D eigenvalue weighted by Crippen LogP contribution is -2.31. The van der Waals surface area contributed by atoms with Gasteiger partial charge in [0.25, 0.3) is 0 Å². The zero-order valence-corrected chi connectivity index (χ0v) is 15.6. The van der Waals surface area contributed by atoms with Crippen LogP contribution in [0.25, 0.3) is 0 Å². The van der Waals surface area contributed by atoms with Crippen LogP contribution < -0.4 is 0 Å². The number of nitrogens with zero attached hydrogens (tertiary/aromatic N) is 3. The molecule has 5 nitrogen and oxygen atoms in total. The second-order valence-corrected chi connectivity index (χ2v) is 7.86. The van der Waals surface area contributed by atoms with Gasteiger partial charge in [-0.05, 0) is 45.4 Å². The van der Waals surface area contributed by atoms with Gasteiger partial charge in [0.2, 0.25) is 0 Å². The maximum Gasteiger partial charge on any atom is 0.138 e. The first kappa shape index (κ1) is 18.8. The van der Waals surface area contributed by atoms with Crippen molar-refractivity contribution in [3.63, 3.8) is 0 Å². The van der Waals surface area contributed by atoms with E-state index in [4.69, 9.17) is 0 Å². The number of ketones is 2. The molecule has 134 valence electrons. The highest BCUT2D eigenvalue weighted by atomic mass is 16.1. The number of aryl methyl sites for hydroxylation is 2. The molecule has 2 heterocycles. The van der Waals surface area contributed by atoms with E-state index in [-0.39, 0.29) is 11.2 Å². The van der Waals surface area contributed by atoms with Gasteiger partial charge >= 0.3 is 0 Å². The maximum absolute atomic E-state index is 12.8. The lowest BCUT2D eigenvalue weighted by molar-refractivity contribution is -0.131. The second kappa shape index (κ2) is 7.58. The molecule has 1 aromatic rings. The van der Waals surface area contributed by atoms with Gasteiger partial charge in [-0.1, -0.05) is 32.4 Å². The van der Waals surface area contributed by atoms with E-state index in [9.17, 15) is 9.59 Å². The number of hydrogen-bond acceptors (Lipinski definition) is 4. The summed E-state index contributed by atoms with van der Waals surface area (Å²) >= 11 is 0. The Labute approximate surface area is 145 Å². The molecule has 1 aromatic heterocycles. The van der Waals surface area contributed by atoms with Gasteiger partial charge in [0.1, 0.15) is 11.6 Å². The summed E-state index contributed by atoms with van der Waals surface area (Å²) in [5.41, 5.74) is 0.371. The fourth-order valence-electron chi connectivity index (χ4n) is 3.52. The molecular weight excluding hydrogens is 302 g/mol. The highest BCUT2D eigenvalue weighted by Crippen LogP contribution is 2.36. The third kappa shape index (κ3) is 4.11. The Bertz CT molecular complexity index is 595. The summed E-state index contributed by atoms with van der Waals surface area (Å²) in [6.07, 6.45) is 8.24. The molecule has 0 saturated heterocycles. The van der Waals surface area contributed by atoms with Crippen molar-refractivity contribution in [1.82, 2.24) is 15.0 Å². The molecule has 0 radical (unpaired) electrons. The molecule has 0 aromatic carbocycles. The van der Waals surface area contributed by atoms with Crippen molar-refractivity contribution in [2.75, 3.05) is 0 Å². The zero-order valence-electron chi connectivity index (χ0n) is 15.6. The van der Waals surface area contributed by atoms with Gasteiger partial charge in [0, 0.05) is 23.8 Å². The average molecular weight is 333 g/mol. The first-order valence-corrected chi connectivity index (χ1v) is 9.22. The molecule has 0 unspecified atom stereocenters. The summed E-state index contributed by atoms with van der Waals surface area (Å²) in [4.78, 5) is 25.1. The van der Waals surface area contributed by atoms with Crippen molar-refractivity contribution in [2.45, 2.75) is 85.6 Å². The molecule has 2 rings (SSSR count). The average Bonchev–Trinajstić information content (AvgIpc) is 3.01. The first-order chi connectivity index (χ1) is 11.3. The summed E-state index contributed by atoms with van der Waals surface area (Å²) in [6.45, 7) is 8.66. The van der Waals surface area contributed by atoms with Gasteiger partial charge in [-0.15, -0.1) is 5.10 Å². The SMILES string of the molecule is CC[C@@]1(C)CCCCn2nncc2CC[C@@](C)(C(C)=O)CCC1=O. The predicted molar refractivity (Wildman–Crippen MR) is 93.6 cm³/mol. The van der Waals surface area contributed by atoms with Crippen LogP contribution in [0.1, 0.15) is 78.3 Å². The van der Waals surface area contributed by atoms with Gasteiger partial charge < -0.3 is 0 Å². The number of Topliss-reactive ketones (excluding diaryl/α,β-unsaturated/α-hetero) is 2. The van der Waals surface area contributed by atoms with E-state index in [2.05, 4.69) is 24.2 Å². The lowest BCUT2D eigenvalue weighted by atomic mass is 9.72. The van der Waals surface area contributed by atoms with Gasteiger partial charge in [-0.25, -0.2) is 4.68 Å². The van der Waals surface area contributed by atoms with Crippen molar-refractivity contribution in [3.05, 3.63) is 11.9 Å². The van der Waals surface area contributed by atoms with E-state index in [1.165, 1.54) is 0 Å².